The molecule has 1 aromatic carbocycles. The number of carboxylic acids is 1. The zero-order valence-electron chi connectivity index (χ0n) is 18.0. The Morgan fingerprint density at radius 3 is 2.38 bits per heavy atom. The van der Waals surface area contributed by atoms with Crippen LogP contribution >= 0.6 is 11.6 Å². The molecule has 2 aromatic rings. The van der Waals surface area contributed by atoms with Crippen LogP contribution in [0.25, 0.3) is 5.57 Å². The number of carboxylic acid groups (broad SMARTS) is 1. The maximum absolute atomic E-state index is 10.9. The SMILES string of the molecule is C/C(=C\C(=O)O)c1cc(C)c(Oc2ccc(O[Si](C)(C)C(C)(C)C)cn2)c(Cl)c1. The van der Waals surface area contributed by atoms with Crippen molar-refractivity contribution >= 4 is 31.5 Å². The second kappa shape index (κ2) is 8.59. The number of pyridine rings is 1. The molecule has 0 bridgehead atoms. The minimum atomic E-state index is -1.93. The molecule has 1 N–H and O–H groups in total. The van der Waals surface area contributed by atoms with E-state index in [1.807, 2.05) is 19.1 Å². The second-order valence-electron chi connectivity index (χ2n) is 8.57. The third-order valence-corrected chi connectivity index (χ3v) is 9.76. The number of hydrogen-bond acceptors (Lipinski definition) is 4. The number of nitrogens with zero attached hydrogens (tertiary/aromatic N) is 1. The van der Waals surface area contributed by atoms with Crippen LogP contribution in [0.2, 0.25) is 23.2 Å². The summed E-state index contributed by atoms with van der Waals surface area (Å²) in [5.74, 6) is 0.615. The highest BCUT2D eigenvalue weighted by molar-refractivity contribution is 6.74. The van der Waals surface area contributed by atoms with E-state index in [0.29, 0.717) is 22.2 Å². The molecule has 5 nitrogen and oxygen atoms in total. The molecule has 0 aliphatic heterocycles. The molecular weight excluding hydrogens is 406 g/mol. The summed E-state index contributed by atoms with van der Waals surface area (Å²) in [5.41, 5.74) is 2.13. The van der Waals surface area contributed by atoms with Crippen LogP contribution in [-0.4, -0.2) is 24.4 Å². The number of benzene rings is 1. The fraction of sp³-hybridized carbons (Fsp3) is 0.364. The molecule has 0 aliphatic carbocycles. The Labute approximate surface area is 178 Å². The Morgan fingerprint density at radius 2 is 1.90 bits per heavy atom. The largest absolute Gasteiger partial charge is 0.542 e. The van der Waals surface area contributed by atoms with Crippen molar-refractivity contribution < 1.29 is 19.1 Å². The fourth-order valence-electron chi connectivity index (χ4n) is 2.40. The summed E-state index contributed by atoms with van der Waals surface area (Å²) in [4.78, 5) is 15.2. The molecule has 2 rings (SSSR count). The van der Waals surface area contributed by atoms with Crippen molar-refractivity contribution in [2.24, 2.45) is 0 Å². The molecule has 0 aliphatic rings. The predicted octanol–water partition coefficient (Wildman–Crippen LogP) is 6.71. The van der Waals surface area contributed by atoms with Crippen LogP contribution in [0.1, 0.15) is 38.8 Å². The van der Waals surface area contributed by atoms with Gasteiger partial charge in [0.15, 0.2) is 5.75 Å². The minimum absolute atomic E-state index is 0.0990. The Balaban J connectivity index is 2.21. The number of allylic oxidation sites excluding steroid dienone is 1. The van der Waals surface area contributed by atoms with Crippen LogP contribution < -0.4 is 9.16 Å². The van der Waals surface area contributed by atoms with Crippen molar-refractivity contribution in [3.8, 4) is 17.4 Å². The Hall–Kier alpha value is -2.31. The van der Waals surface area contributed by atoms with Crippen LogP contribution in [0.4, 0.5) is 0 Å². The van der Waals surface area contributed by atoms with Gasteiger partial charge in [-0.2, -0.15) is 0 Å². The van der Waals surface area contributed by atoms with E-state index < -0.39 is 14.3 Å². The van der Waals surface area contributed by atoms with Crippen LogP contribution in [-0.2, 0) is 4.79 Å². The lowest BCUT2D eigenvalue weighted by Gasteiger charge is -2.36. The van der Waals surface area contributed by atoms with Crippen LogP contribution in [0.3, 0.4) is 0 Å². The summed E-state index contributed by atoms with van der Waals surface area (Å²) in [6.45, 7) is 14.5. The molecule has 0 fully saturated rings. The van der Waals surface area contributed by atoms with Gasteiger partial charge in [-0.05, 0) is 66.9 Å². The summed E-state index contributed by atoms with van der Waals surface area (Å²) in [7, 11) is -1.93. The van der Waals surface area contributed by atoms with Crippen LogP contribution in [0.15, 0.2) is 36.5 Å². The number of aryl methyl sites for hydroxylation is 1. The van der Waals surface area contributed by atoms with E-state index >= 15 is 0 Å². The second-order valence-corrected chi connectivity index (χ2v) is 13.7. The first-order valence-electron chi connectivity index (χ1n) is 9.35. The van der Waals surface area contributed by atoms with Crippen molar-refractivity contribution in [2.75, 3.05) is 0 Å². The van der Waals surface area contributed by atoms with Crippen molar-refractivity contribution in [1.29, 1.82) is 0 Å². The van der Waals surface area contributed by atoms with E-state index in [2.05, 4.69) is 38.8 Å². The molecule has 1 aromatic heterocycles. The summed E-state index contributed by atoms with van der Waals surface area (Å²) >= 11 is 6.39. The summed E-state index contributed by atoms with van der Waals surface area (Å²) in [6, 6.07) is 7.13. The number of carbonyl (C=O) groups is 1. The molecule has 0 amide bonds. The minimum Gasteiger partial charge on any atom is -0.542 e. The number of aromatic nitrogens is 1. The zero-order chi connectivity index (χ0) is 22.0. The molecule has 0 radical (unpaired) electrons. The Kier molecular flexibility index (Phi) is 6.81. The van der Waals surface area contributed by atoms with E-state index in [0.717, 1.165) is 23.0 Å². The first-order chi connectivity index (χ1) is 13.3. The number of halogens is 1. The van der Waals surface area contributed by atoms with Crippen molar-refractivity contribution in [3.05, 3.63) is 52.7 Å². The maximum Gasteiger partial charge on any atom is 0.328 e. The van der Waals surface area contributed by atoms with Gasteiger partial charge in [0, 0.05) is 12.1 Å². The topological polar surface area (TPSA) is 68.7 Å². The van der Waals surface area contributed by atoms with Gasteiger partial charge in [0.25, 0.3) is 8.32 Å². The zero-order valence-corrected chi connectivity index (χ0v) is 19.7. The molecule has 1 heterocycles. The highest BCUT2D eigenvalue weighted by Gasteiger charge is 2.39. The summed E-state index contributed by atoms with van der Waals surface area (Å²) in [5, 5.41) is 9.41. The van der Waals surface area contributed by atoms with Crippen molar-refractivity contribution in [2.45, 2.75) is 52.8 Å². The Morgan fingerprint density at radius 1 is 1.24 bits per heavy atom. The Bertz CT molecular complexity index is 908. The molecule has 7 heteroatoms. The standard InChI is InChI=1S/C22H28ClNO4Si/c1-14(11-20(25)26)16-10-15(2)21(18(23)12-16)27-19-9-8-17(13-24-19)28-29(6,7)22(3,4)5/h8-13H,1-7H3,(H,25,26)/b14-11+. The van der Waals surface area contributed by atoms with Gasteiger partial charge in [0.2, 0.25) is 5.88 Å². The third-order valence-electron chi connectivity index (χ3n) is 5.12. The van der Waals surface area contributed by atoms with E-state index in [-0.39, 0.29) is 5.04 Å². The highest BCUT2D eigenvalue weighted by Crippen LogP contribution is 2.38. The van der Waals surface area contributed by atoms with Gasteiger partial charge >= 0.3 is 5.97 Å². The van der Waals surface area contributed by atoms with Crippen molar-refractivity contribution in [1.82, 2.24) is 4.98 Å². The molecule has 156 valence electrons. The van der Waals surface area contributed by atoms with E-state index in [9.17, 15) is 4.79 Å². The van der Waals surface area contributed by atoms with Crippen LogP contribution in [0.5, 0.6) is 17.4 Å². The molecule has 0 atom stereocenters. The normalized spacial score (nSPS) is 12.6. The molecular formula is C22H28ClNO4Si. The lowest BCUT2D eigenvalue weighted by Crippen LogP contribution is -2.43. The quantitative estimate of drug-likeness (QED) is 0.405. The van der Waals surface area contributed by atoms with Crippen molar-refractivity contribution in [3.63, 3.8) is 0 Å². The molecule has 0 spiro atoms. The third kappa shape index (κ3) is 5.84. The summed E-state index contributed by atoms with van der Waals surface area (Å²) < 4.78 is 12.1. The number of rotatable bonds is 6. The van der Waals surface area contributed by atoms with Gasteiger partial charge in [-0.15, -0.1) is 0 Å². The molecule has 0 unspecified atom stereocenters. The number of ether oxygens (including phenoxy) is 1. The van der Waals surface area contributed by atoms with Gasteiger partial charge in [-0.25, -0.2) is 9.78 Å². The van der Waals surface area contributed by atoms with Gasteiger partial charge in [0.1, 0.15) is 5.75 Å². The first-order valence-corrected chi connectivity index (χ1v) is 12.6. The van der Waals surface area contributed by atoms with Gasteiger partial charge in [-0.3, -0.25) is 0 Å². The van der Waals surface area contributed by atoms with Gasteiger partial charge in [-0.1, -0.05) is 32.4 Å². The molecule has 29 heavy (non-hydrogen) atoms. The van der Waals surface area contributed by atoms with E-state index in [1.54, 1.807) is 25.3 Å². The average molecular weight is 434 g/mol. The maximum atomic E-state index is 10.9. The fourth-order valence-corrected chi connectivity index (χ4v) is 3.72. The van der Waals surface area contributed by atoms with Gasteiger partial charge in [0.05, 0.1) is 11.2 Å². The average Bonchev–Trinajstić information content (AvgIpc) is 2.57. The van der Waals surface area contributed by atoms with Gasteiger partial charge < -0.3 is 14.3 Å². The number of aliphatic carboxylic acids is 1. The lowest BCUT2D eigenvalue weighted by atomic mass is 10.0. The molecule has 0 saturated carbocycles. The molecule has 0 saturated heterocycles. The monoisotopic (exact) mass is 433 g/mol. The number of hydrogen-bond donors (Lipinski definition) is 1. The van der Waals surface area contributed by atoms with Crippen LogP contribution in [0, 0.1) is 6.92 Å². The lowest BCUT2D eigenvalue weighted by molar-refractivity contribution is -0.131. The van der Waals surface area contributed by atoms with E-state index in [1.165, 1.54) is 0 Å². The predicted molar refractivity (Wildman–Crippen MR) is 120 cm³/mol. The van der Waals surface area contributed by atoms with E-state index in [4.69, 9.17) is 25.9 Å². The first kappa shape index (κ1) is 23.0. The highest BCUT2D eigenvalue weighted by atomic mass is 35.5. The summed E-state index contributed by atoms with van der Waals surface area (Å²) in [6.07, 6.45) is 2.81. The smallest absolute Gasteiger partial charge is 0.328 e.